The molecule has 0 aliphatic carbocycles. The number of fused-ring (bicyclic) bond motifs is 1. The van der Waals surface area contributed by atoms with E-state index in [-0.39, 0.29) is 4.87 Å². The van der Waals surface area contributed by atoms with Crippen molar-refractivity contribution in [3.8, 4) is 5.75 Å². The van der Waals surface area contributed by atoms with Crippen LogP contribution < -0.4 is 4.74 Å². The van der Waals surface area contributed by atoms with Gasteiger partial charge in [0.2, 0.25) is 0 Å². The van der Waals surface area contributed by atoms with Crippen LogP contribution in [-0.2, 0) is 4.87 Å². The molecule has 2 rings (SSSR count). The minimum Gasteiger partial charge on any atom is -0.497 e. The zero-order chi connectivity index (χ0) is 11.8. The van der Waals surface area contributed by atoms with Crippen LogP contribution in [0.3, 0.4) is 0 Å². The Kier molecular flexibility index (Phi) is 2.81. The average molecular weight is 235 g/mol. The normalized spacial score (nSPS) is 11.8. The highest BCUT2D eigenvalue weighted by atomic mass is 35.5. The van der Waals surface area contributed by atoms with E-state index >= 15 is 0 Å². The topological polar surface area (TPSA) is 9.23 Å². The van der Waals surface area contributed by atoms with Crippen molar-refractivity contribution < 1.29 is 4.74 Å². The van der Waals surface area contributed by atoms with Gasteiger partial charge in [0.05, 0.1) is 12.0 Å². The second kappa shape index (κ2) is 3.99. The van der Waals surface area contributed by atoms with Crippen molar-refractivity contribution in [2.75, 3.05) is 7.11 Å². The number of methoxy groups -OCH3 is 1. The Morgan fingerprint density at radius 3 is 2.25 bits per heavy atom. The Balaban J connectivity index is 2.56. The molecular weight excluding hydrogens is 220 g/mol. The maximum atomic E-state index is 6.29. The first-order chi connectivity index (χ1) is 7.50. The zero-order valence-electron chi connectivity index (χ0n) is 9.75. The van der Waals surface area contributed by atoms with Crippen molar-refractivity contribution >= 4 is 22.4 Å². The van der Waals surface area contributed by atoms with Crippen LogP contribution in [0.2, 0.25) is 0 Å². The summed E-state index contributed by atoms with van der Waals surface area (Å²) in [7, 11) is 1.68. The molecule has 2 aromatic rings. The van der Waals surface area contributed by atoms with E-state index < -0.39 is 0 Å². The van der Waals surface area contributed by atoms with E-state index in [9.17, 15) is 0 Å². The highest BCUT2D eigenvalue weighted by Crippen LogP contribution is 2.31. The summed E-state index contributed by atoms with van der Waals surface area (Å²) in [5.41, 5.74) is 1.13. The first kappa shape index (κ1) is 11.3. The zero-order valence-corrected chi connectivity index (χ0v) is 10.5. The highest BCUT2D eigenvalue weighted by molar-refractivity contribution is 6.23. The number of alkyl halides is 1. The highest BCUT2D eigenvalue weighted by Gasteiger charge is 2.16. The number of halogens is 1. The Morgan fingerprint density at radius 1 is 1.00 bits per heavy atom. The van der Waals surface area contributed by atoms with Crippen LogP contribution in [-0.4, -0.2) is 7.11 Å². The molecule has 0 bridgehead atoms. The second-order valence-corrected chi connectivity index (χ2v) is 5.35. The first-order valence-electron chi connectivity index (χ1n) is 5.28. The largest absolute Gasteiger partial charge is 0.497 e. The van der Waals surface area contributed by atoms with Gasteiger partial charge in [-0.1, -0.05) is 18.2 Å². The maximum absolute atomic E-state index is 6.29. The summed E-state index contributed by atoms with van der Waals surface area (Å²) in [4.78, 5) is -0.325. The van der Waals surface area contributed by atoms with E-state index in [0.29, 0.717) is 0 Å². The molecule has 0 amide bonds. The molecule has 84 valence electrons. The Hall–Kier alpha value is -1.21. The van der Waals surface area contributed by atoms with Crippen LogP contribution in [0, 0.1) is 0 Å². The summed E-state index contributed by atoms with van der Waals surface area (Å²) in [6.07, 6.45) is 0. The molecule has 16 heavy (non-hydrogen) atoms. The Morgan fingerprint density at radius 2 is 1.62 bits per heavy atom. The summed E-state index contributed by atoms with van der Waals surface area (Å²) in [5, 5.41) is 2.36. The molecule has 0 N–H and O–H groups in total. The lowest BCUT2D eigenvalue weighted by atomic mass is 9.98. The van der Waals surface area contributed by atoms with Gasteiger partial charge in [-0.15, -0.1) is 11.6 Å². The molecule has 0 fully saturated rings. The third kappa shape index (κ3) is 2.14. The fourth-order valence-corrected chi connectivity index (χ4v) is 1.84. The van der Waals surface area contributed by atoms with Gasteiger partial charge in [0.25, 0.3) is 0 Å². The minimum atomic E-state index is -0.325. The lowest BCUT2D eigenvalue weighted by Crippen LogP contribution is -2.06. The fourth-order valence-electron chi connectivity index (χ4n) is 1.72. The van der Waals surface area contributed by atoms with E-state index in [1.54, 1.807) is 7.11 Å². The van der Waals surface area contributed by atoms with Gasteiger partial charge in [-0.05, 0) is 48.4 Å². The van der Waals surface area contributed by atoms with E-state index in [1.165, 1.54) is 10.8 Å². The Labute approximate surface area is 101 Å². The van der Waals surface area contributed by atoms with E-state index in [2.05, 4.69) is 24.3 Å². The summed E-state index contributed by atoms with van der Waals surface area (Å²) in [5.74, 6) is 0.880. The molecule has 0 aliphatic heterocycles. The lowest BCUT2D eigenvalue weighted by Gasteiger charge is -2.16. The number of ether oxygens (including phenoxy) is 1. The lowest BCUT2D eigenvalue weighted by molar-refractivity contribution is 0.415. The monoisotopic (exact) mass is 234 g/mol. The quantitative estimate of drug-likeness (QED) is 0.703. The average Bonchev–Trinajstić information content (AvgIpc) is 2.26. The summed E-state index contributed by atoms with van der Waals surface area (Å²) >= 11 is 6.29. The third-order valence-corrected chi connectivity index (χ3v) is 2.95. The smallest absolute Gasteiger partial charge is 0.119 e. The van der Waals surface area contributed by atoms with Crippen molar-refractivity contribution in [2.24, 2.45) is 0 Å². The van der Waals surface area contributed by atoms with Crippen LogP contribution in [0.5, 0.6) is 5.75 Å². The molecule has 0 saturated carbocycles. The Bertz CT molecular complexity index is 512. The molecule has 0 aromatic heterocycles. The predicted molar refractivity (Wildman–Crippen MR) is 69.4 cm³/mol. The van der Waals surface area contributed by atoms with Gasteiger partial charge >= 0.3 is 0 Å². The predicted octanol–water partition coefficient (Wildman–Crippen LogP) is 4.32. The molecule has 0 heterocycles. The van der Waals surface area contributed by atoms with E-state index in [4.69, 9.17) is 16.3 Å². The van der Waals surface area contributed by atoms with Gasteiger partial charge < -0.3 is 4.74 Å². The molecule has 2 heteroatoms. The van der Waals surface area contributed by atoms with Gasteiger partial charge in [-0.3, -0.25) is 0 Å². The molecule has 2 aromatic carbocycles. The minimum absolute atomic E-state index is 0.325. The second-order valence-electron chi connectivity index (χ2n) is 4.40. The number of rotatable bonds is 2. The molecule has 0 aliphatic rings. The SMILES string of the molecule is COc1ccc2cc(C(C)(C)Cl)ccc2c1. The van der Waals surface area contributed by atoms with E-state index in [0.717, 1.165) is 11.3 Å². The van der Waals surface area contributed by atoms with Crippen molar-refractivity contribution in [1.29, 1.82) is 0 Å². The van der Waals surface area contributed by atoms with Crippen molar-refractivity contribution in [3.63, 3.8) is 0 Å². The van der Waals surface area contributed by atoms with Crippen molar-refractivity contribution in [3.05, 3.63) is 42.0 Å². The standard InChI is InChI=1S/C14H15ClO/c1-14(2,15)12-6-4-11-9-13(16-3)7-5-10(11)8-12/h4-9H,1-3H3. The van der Waals surface area contributed by atoms with Crippen molar-refractivity contribution in [1.82, 2.24) is 0 Å². The molecule has 0 atom stereocenters. The van der Waals surface area contributed by atoms with Crippen molar-refractivity contribution in [2.45, 2.75) is 18.7 Å². The number of hydrogen-bond acceptors (Lipinski definition) is 1. The number of benzene rings is 2. The molecule has 1 nitrogen and oxygen atoms in total. The molecule has 0 radical (unpaired) electrons. The molecule has 0 spiro atoms. The fraction of sp³-hybridized carbons (Fsp3) is 0.286. The van der Waals surface area contributed by atoms with Gasteiger partial charge in [-0.2, -0.15) is 0 Å². The summed E-state index contributed by atoms with van der Waals surface area (Å²) in [6, 6.07) is 12.3. The van der Waals surface area contributed by atoms with Gasteiger partial charge in [0.1, 0.15) is 5.75 Å². The van der Waals surface area contributed by atoms with Crippen LogP contribution >= 0.6 is 11.6 Å². The van der Waals surface area contributed by atoms with Gasteiger partial charge in [-0.25, -0.2) is 0 Å². The first-order valence-corrected chi connectivity index (χ1v) is 5.66. The molecule has 0 unspecified atom stereocenters. The number of hydrogen-bond donors (Lipinski definition) is 0. The summed E-state index contributed by atoms with van der Waals surface area (Å²) in [6.45, 7) is 4.00. The van der Waals surface area contributed by atoms with Crippen LogP contribution in [0.4, 0.5) is 0 Å². The van der Waals surface area contributed by atoms with Crippen LogP contribution in [0.15, 0.2) is 36.4 Å². The third-order valence-electron chi connectivity index (χ3n) is 2.73. The molecule has 0 saturated heterocycles. The maximum Gasteiger partial charge on any atom is 0.119 e. The molecular formula is C14H15ClO. The van der Waals surface area contributed by atoms with E-state index in [1.807, 2.05) is 26.0 Å². The van der Waals surface area contributed by atoms with Crippen LogP contribution in [0.25, 0.3) is 10.8 Å². The summed E-state index contributed by atoms with van der Waals surface area (Å²) < 4.78 is 5.19. The van der Waals surface area contributed by atoms with Crippen LogP contribution in [0.1, 0.15) is 19.4 Å². The van der Waals surface area contributed by atoms with Gasteiger partial charge in [0, 0.05) is 0 Å². The van der Waals surface area contributed by atoms with Gasteiger partial charge in [0.15, 0.2) is 0 Å².